The molecule has 0 aliphatic carbocycles. The molecule has 0 aliphatic heterocycles. The van der Waals surface area contributed by atoms with Gasteiger partial charge in [-0.05, 0) is 37.6 Å². The lowest BCUT2D eigenvalue weighted by atomic mass is 9.76. The van der Waals surface area contributed by atoms with Crippen LogP contribution in [-0.2, 0) is 11.2 Å². The highest BCUT2D eigenvalue weighted by molar-refractivity contribution is 7.09. The monoisotopic (exact) mass is 311 g/mol. The molecule has 0 aromatic carbocycles. The van der Waals surface area contributed by atoms with Gasteiger partial charge in [-0.3, -0.25) is 4.79 Å². The third-order valence-electron chi connectivity index (χ3n) is 3.79. The van der Waals surface area contributed by atoms with Crippen LogP contribution in [0.25, 0.3) is 0 Å². The van der Waals surface area contributed by atoms with Gasteiger partial charge in [-0.15, -0.1) is 11.3 Å². The van der Waals surface area contributed by atoms with Crippen molar-refractivity contribution in [2.24, 2.45) is 17.1 Å². The minimum Gasteiger partial charge on any atom is -0.356 e. The summed E-state index contributed by atoms with van der Waals surface area (Å²) in [5.41, 5.74) is 6.93. The molecule has 0 radical (unpaired) electrons. The summed E-state index contributed by atoms with van der Waals surface area (Å²) in [5, 5.41) is 6.11. The summed E-state index contributed by atoms with van der Waals surface area (Å²) in [7, 11) is 0. The molecule has 1 rings (SSSR count). The molecule has 0 saturated carbocycles. The fourth-order valence-electron chi connectivity index (χ4n) is 2.43. The number of hydrogen-bond acceptors (Lipinski definition) is 4. The highest BCUT2D eigenvalue weighted by Gasteiger charge is 2.24. The number of nitrogens with two attached hydrogens (primary N) is 1. The number of nitrogens with one attached hydrogen (secondary N) is 1. The molecule has 1 amide bonds. The van der Waals surface area contributed by atoms with Gasteiger partial charge in [0, 0.05) is 30.5 Å². The summed E-state index contributed by atoms with van der Waals surface area (Å²) in [6, 6.07) is 0. The van der Waals surface area contributed by atoms with Gasteiger partial charge in [0.2, 0.25) is 5.91 Å². The minimum atomic E-state index is 0.134. The van der Waals surface area contributed by atoms with E-state index in [1.807, 2.05) is 12.3 Å². The average molecular weight is 311 g/mol. The summed E-state index contributed by atoms with van der Waals surface area (Å²) >= 11 is 1.65. The molecule has 0 saturated heterocycles. The second-order valence-electron chi connectivity index (χ2n) is 6.66. The molecule has 1 aromatic heterocycles. The lowest BCUT2D eigenvalue weighted by Crippen LogP contribution is -2.29. The maximum absolute atomic E-state index is 11.9. The summed E-state index contributed by atoms with van der Waals surface area (Å²) in [6.45, 7) is 10.0. The first-order valence-electron chi connectivity index (χ1n) is 7.70. The Kier molecular flexibility index (Phi) is 7.32. The van der Waals surface area contributed by atoms with E-state index >= 15 is 0 Å². The Balaban J connectivity index is 2.26. The summed E-state index contributed by atoms with van der Waals surface area (Å²) < 4.78 is 0. The molecule has 120 valence electrons. The van der Waals surface area contributed by atoms with E-state index in [-0.39, 0.29) is 11.3 Å². The zero-order valence-corrected chi connectivity index (χ0v) is 14.6. The lowest BCUT2D eigenvalue weighted by Gasteiger charge is -2.30. The average Bonchev–Trinajstić information content (AvgIpc) is 2.79. The number of amides is 1. The highest BCUT2D eigenvalue weighted by atomic mass is 32.1. The normalized spacial score (nSPS) is 13.2. The maximum atomic E-state index is 11.9. The number of rotatable bonds is 8. The molecule has 1 aromatic rings. The minimum absolute atomic E-state index is 0.134. The van der Waals surface area contributed by atoms with Gasteiger partial charge in [0.1, 0.15) is 0 Å². The van der Waals surface area contributed by atoms with Gasteiger partial charge >= 0.3 is 0 Å². The summed E-state index contributed by atoms with van der Waals surface area (Å²) in [6.07, 6.45) is 3.28. The topological polar surface area (TPSA) is 68.0 Å². The van der Waals surface area contributed by atoms with Crippen LogP contribution in [0.4, 0.5) is 0 Å². The Morgan fingerprint density at radius 2 is 2.14 bits per heavy atom. The molecule has 0 spiro atoms. The molecule has 5 heteroatoms. The SMILES string of the molecule is Cc1csc(CCNC(=O)CCC(CCN)C(C)(C)C)n1. The van der Waals surface area contributed by atoms with Gasteiger partial charge in [-0.2, -0.15) is 0 Å². The molecular formula is C16H29N3OS. The first kappa shape index (κ1) is 18.1. The van der Waals surface area contributed by atoms with Gasteiger partial charge in [-0.25, -0.2) is 4.98 Å². The first-order chi connectivity index (χ1) is 9.82. The standard InChI is InChI=1S/C16H29N3OS/c1-12-11-21-15(19-12)8-10-18-14(20)6-5-13(7-9-17)16(2,3)4/h11,13H,5-10,17H2,1-4H3,(H,18,20). The third kappa shape index (κ3) is 7.05. The number of thiazole rings is 1. The van der Waals surface area contributed by atoms with Crippen LogP contribution in [0.3, 0.4) is 0 Å². The van der Waals surface area contributed by atoms with E-state index < -0.39 is 0 Å². The van der Waals surface area contributed by atoms with Crippen molar-refractivity contribution >= 4 is 17.2 Å². The largest absolute Gasteiger partial charge is 0.356 e. The van der Waals surface area contributed by atoms with Crippen LogP contribution in [0.5, 0.6) is 0 Å². The van der Waals surface area contributed by atoms with Crippen LogP contribution in [0.15, 0.2) is 5.38 Å². The fourth-order valence-corrected chi connectivity index (χ4v) is 3.21. The van der Waals surface area contributed by atoms with Crippen LogP contribution in [0.2, 0.25) is 0 Å². The van der Waals surface area contributed by atoms with E-state index in [0.29, 0.717) is 25.4 Å². The van der Waals surface area contributed by atoms with E-state index in [1.54, 1.807) is 11.3 Å². The Bertz CT molecular complexity index is 437. The van der Waals surface area contributed by atoms with Gasteiger partial charge < -0.3 is 11.1 Å². The number of aryl methyl sites for hydroxylation is 1. The fraction of sp³-hybridized carbons (Fsp3) is 0.750. The lowest BCUT2D eigenvalue weighted by molar-refractivity contribution is -0.121. The quantitative estimate of drug-likeness (QED) is 0.775. The second kappa shape index (κ2) is 8.49. The molecule has 1 heterocycles. The van der Waals surface area contributed by atoms with Crippen LogP contribution < -0.4 is 11.1 Å². The van der Waals surface area contributed by atoms with Crippen LogP contribution in [-0.4, -0.2) is 24.0 Å². The Morgan fingerprint density at radius 1 is 1.43 bits per heavy atom. The number of hydrogen-bond donors (Lipinski definition) is 2. The Morgan fingerprint density at radius 3 is 2.67 bits per heavy atom. The van der Waals surface area contributed by atoms with Crippen molar-refractivity contribution in [2.45, 2.75) is 53.4 Å². The van der Waals surface area contributed by atoms with Gasteiger partial charge in [0.25, 0.3) is 0 Å². The van der Waals surface area contributed by atoms with E-state index in [0.717, 1.165) is 30.0 Å². The number of aromatic nitrogens is 1. The van der Waals surface area contributed by atoms with Gasteiger partial charge in [0.05, 0.1) is 5.01 Å². The smallest absolute Gasteiger partial charge is 0.220 e. The number of carbonyl (C=O) groups is 1. The maximum Gasteiger partial charge on any atom is 0.220 e. The van der Waals surface area contributed by atoms with Crippen LogP contribution >= 0.6 is 11.3 Å². The van der Waals surface area contributed by atoms with Crippen molar-refractivity contribution < 1.29 is 4.79 Å². The molecule has 4 nitrogen and oxygen atoms in total. The van der Waals surface area contributed by atoms with E-state index in [9.17, 15) is 4.79 Å². The molecule has 0 aliphatic rings. The van der Waals surface area contributed by atoms with Crippen molar-refractivity contribution in [3.8, 4) is 0 Å². The number of nitrogens with zero attached hydrogens (tertiary/aromatic N) is 1. The Hall–Kier alpha value is -0.940. The van der Waals surface area contributed by atoms with Gasteiger partial charge in [0.15, 0.2) is 0 Å². The van der Waals surface area contributed by atoms with Gasteiger partial charge in [-0.1, -0.05) is 20.8 Å². The zero-order chi connectivity index (χ0) is 15.9. The van der Waals surface area contributed by atoms with E-state index in [2.05, 4.69) is 31.1 Å². The highest BCUT2D eigenvalue weighted by Crippen LogP contribution is 2.31. The van der Waals surface area contributed by atoms with Crippen LogP contribution in [0, 0.1) is 18.3 Å². The molecule has 0 bridgehead atoms. The second-order valence-corrected chi connectivity index (χ2v) is 7.60. The summed E-state index contributed by atoms with van der Waals surface area (Å²) in [5.74, 6) is 0.629. The third-order valence-corrected chi connectivity index (χ3v) is 4.81. The summed E-state index contributed by atoms with van der Waals surface area (Å²) in [4.78, 5) is 16.3. The molecule has 1 atom stereocenters. The zero-order valence-electron chi connectivity index (χ0n) is 13.7. The van der Waals surface area contributed by atoms with Crippen molar-refractivity contribution in [1.29, 1.82) is 0 Å². The molecular weight excluding hydrogens is 282 g/mol. The van der Waals surface area contributed by atoms with Crippen molar-refractivity contribution in [3.63, 3.8) is 0 Å². The van der Waals surface area contributed by atoms with Crippen LogP contribution in [0.1, 0.15) is 50.7 Å². The molecule has 21 heavy (non-hydrogen) atoms. The predicted molar refractivity (Wildman–Crippen MR) is 89.4 cm³/mol. The number of carbonyl (C=O) groups excluding carboxylic acids is 1. The van der Waals surface area contributed by atoms with E-state index in [1.165, 1.54) is 0 Å². The predicted octanol–water partition coefficient (Wildman–Crippen LogP) is 2.90. The van der Waals surface area contributed by atoms with Crippen molar-refractivity contribution in [1.82, 2.24) is 10.3 Å². The van der Waals surface area contributed by atoms with Crippen molar-refractivity contribution in [3.05, 3.63) is 16.1 Å². The molecule has 1 unspecified atom stereocenters. The Labute approximate surface area is 132 Å². The molecule has 0 fully saturated rings. The molecule has 3 N–H and O–H groups in total. The van der Waals surface area contributed by atoms with E-state index in [4.69, 9.17) is 5.73 Å². The van der Waals surface area contributed by atoms with Crippen molar-refractivity contribution in [2.75, 3.05) is 13.1 Å². The first-order valence-corrected chi connectivity index (χ1v) is 8.58.